The molecule has 0 aromatic heterocycles. The number of hydrogen-bond donors (Lipinski definition) is 0. The van der Waals surface area contributed by atoms with E-state index in [0.717, 1.165) is 6.42 Å². The second-order valence-corrected chi connectivity index (χ2v) is 6.04. The lowest BCUT2D eigenvalue weighted by atomic mass is 9.98. The van der Waals surface area contributed by atoms with Gasteiger partial charge in [0.25, 0.3) is 0 Å². The van der Waals surface area contributed by atoms with E-state index in [0.29, 0.717) is 0 Å². The summed E-state index contributed by atoms with van der Waals surface area (Å²) >= 11 is 6.58. The topological polar surface area (TPSA) is 0 Å². The van der Waals surface area contributed by atoms with Crippen molar-refractivity contribution in [3.05, 3.63) is 69.8 Å². The van der Waals surface area contributed by atoms with E-state index in [2.05, 4.69) is 64.1 Å². The predicted molar refractivity (Wildman–Crippen MR) is 84.1 cm³/mol. The molecule has 0 heterocycles. The van der Waals surface area contributed by atoms with Crippen LogP contribution in [0.5, 0.6) is 0 Å². The molecule has 0 bridgehead atoms. The molecule has 0 fully saturated rings. The monoisotopic (exact) mass is 272 g/mol. The maximum Gasteiger partial charge on any atom is 0.0625 e. The van der Waals surface area contributed by atoms with Crippen LogP contribution in [0.3, 0.4) is 0 Å². The van der Waals surface area contributed by atoms with Crippen LogP contribution in [-0.4, -0.2) is 0 Å². The molecule has 1 atom stereocenters. The molecule has 1 heteroatoms. The fraction of sp³-hybridized carbons (Fsp3) is 0.333. The van der Waals surface area contributed by atoms with Gasteiger partial charge < -0.3 is 0 Å². The van der Waals surface area contributed by atoms with Crippen molar-refractivity contribution in [3.63, 3.8) is 0 Å². The molecule has 0 N–H and O–H groups in total. The number of halogens is 1. The lowest BCUT2D eigenvalue weighted by Crippen LogP contribution is -1.98. The van der Waals surface area contributed by atoms with Gasteiger partial charge in [0.1, 0.15) is 0 Å². The van der Waals surface area contributed by atoms with Crippen molar-refractivity contribution in [1.82, 2.24) is 0 Å². The van der Waals surface area contributed by atoms with Gasteiger partial charge in [-0.2, -0.15) is 0 Å². The molecule has 100 valence electrons. The van der Waals surface area contributed by atoms with Crippen molar-refractivity contribution in [3.8, 4) is 0 Å². The highest BCUT2D eigenvalue weighted by molar-refractivity contribution is 6.20. The molecule has 0 nitrogen and oxygen atoms in total. The van der Waals surface area contributed by atoms with Crippen LogP contribution in [0.1, 0.15) is 38.8 Å². The fourth-order valence-electron chi connectivity index (χ4n) is 2.45. The van der Waals surface area contributed by atoms with E-state index in [4.69, 9.17) is 11.6 Å². The van der Waals surface area contributed by atoms with Crippen molar-refractivity contribution < 1.29 is 0 Å². The Morgan fingerprint density at radius 2 is 1.47 bits per heavy atom. The highest BCUT2D eigenvalue weighted by Crippen LogP contribution is 2.27. The molecule has 2 aromatic rings. The summed E-state index contributed by atoms with van der Waals surface area (Å²) in [5.41, 5.74) is 7.75. The van der Waals surface area contributed by atoms with Crippen LogP contribution in [0.25, 0.3) is 0 Å². The van der Waals surface area contributed by atoms with Gasteiger partial charge in [-0.25, -0.2) is 0 Å². The minimum absolute atomic E-state index is 0.0423. The van der Waals surface area contributed by atoms with Gasteiger partial charge in [0.2, 0.25) is 0 Å². The van der Waals surface area contributed by atoms with Crippen LogP contribution in [-0.2, 0) is 6.42 Å². The van der Waals surface area contributed by atoms with Crippen LogP contribution < -0.4 is 0 Å². The Morgan fingerprint density at radius 3 is 2.05 bits per heavy atom. The fourth-order valence-corrected chi connectivity index (χ4v) is 2.75. The molecule has 0 amide bonds. The lowest BCUT2D eigenvalue weighted by Gasteiger charge is -2.13. The highest BCUT2D eigenvalue weighted by Gasteiger charge is 2.10. The molecule has 1 unspecified atom stereocenters. The van der Waals surface area contributed by atoms with Gasteiger partial charge in [-0.3, -0.25) is 0 Å². The Morgan fingerprint density at radius 1 is 0.842 bits per heavy atom. The Balaban J connectivity index is 2.20. The van der Waals surface area contributed by atoms with Gasteiger partial charge in [-0.1, -0.05) is 47.5 Å². The summed E-state index contributed by atoms with van der Waals surface area (Å²) < 4.78 is 0. The number of aryl methyl sites for hydroxylation is 4. The summed E-state index contributed by atoms with van der Waals surface area (Å²) in [7, 11) is 0. The summed E-state index contributed by atoms with van der Waals surface area (Å²) in [4.78, 5) is 0. The quantitative estimate of drug-likeness (QED) is 0.653. The van der Waals surface area contributed by atoms with E-state index in [9.17, 15) is 0 Å². The van der Waals surface area contributed by atoms with E-state index in [1.54, 1.807) is 0 Å². The van der Waals surface area contributed by atoms with Crippen LogP contribution in [0.15, 0.2) is 36.4 Å². The number of alkyl halides is 1. The zero-order chi connectivity index (χ0) is 14.0. The van der Waals surface area contributed by atoms with Crippen LogP contribution >= 0.6 is 11.6 Å². The first-order valence-electron chi connectivity index (χ1n) is 6.74. The molecule has 0 saturated carbocycles. The van der Waals surface area contributed by atoms with Crippen LogP contribution in [0.2, 0.25) is 0 Å². The van der Waals surface area contributed by atoms with E-state index in [-0.39, 0.29) is 5.38 Å². The van der Waals surface area contributed by atoms with Crippen molar-refractivity contribution >= 4 is 11.6 Å². The third kappa shape index (κ3) is 3.61. The van der Waals surface area contributed by atoms with Gasteiger partial charge in [-0.15, -0.1) is 11.6 Å². The molecule has 0 aliphatic rings. The third-order valence-electron chi connectivity index (χ3n) is 3.59. The standard InChI is InChI=1S/C18H21Cl/c1-12-7-13(2)9-17(8-12)18(19)11-16-6-5-14(3)15(4)10-16/h5-10,18H,11H2,1-4H3. The summed E-state index contributed by atoms with van der Waals surface area (Å²) in [5, 5.41) is 0.0423. The van der Waals surface area contributed by atoms with Crippen molar-refractivity contribution in [2.75, 3.05) is 0 Å². The smallest absolute Gasteiger partial charge is 0.0625 e. The summed E-state index contributed by atoms with van der Waals surface area (Å²) in [6.07, 6.45) is 0.881. The summed E-state index contributed by atoms with van der Waals surface area (Å²) in [6, 6.07) is 13.2. The Hall–Kier alpha value is -1.27. The number of hydrogen-bond acceptors (Lipinski definition) is 0. The van der Waals surface area contributed by atoms with Crippen molar-refractivity contribution in [2.24, 2.45) is 0 Å². The average Bonchev–Trinajstić information content (AvgIpc) is 2.32. The van der Waals surface area contributed by atoms with E-state index in [1.165, 1.54) is 33.4 Å². The molecule has 0 aliphatic carbocycles. The predicted octanol–water partition coefficient (Wildman–Crippen LogP) is 5.44. The molecule has 19 heavy (non-hydrogen) atoms. The van der Waals surface area contributed by atoms with E-state index < -0.39 is 0 Å². The zero-order valence-electron chi connectivity index (χ0n) is 12.1. The zero-order valence-corrected chi connectivity index (χ0v) is 12.9. The molecule has 0 aliphatic heterocycles. The molecule has 2 aromatic carbocycles. The SMILES string of the molecule is Cc1cc(C)cc(C(Cl)Cc2ccc(C)c(C)c2)c1. The Kier molecular flexibility index (Phi) is 4.31. The summed E-state index contributed by atoms with van der Waals surface area (Å²) in [5.74, 6) is 0. The Labute approximate surface area is 121 Å². The molecular formula is C18H21Cl. The maximum absolute atomic E-state index is 6.58. The maximum atomic E-state index is 6.58. The summed E-state index contributed by atoms with van der Waals surface area (Å²) in [6.45, 7) is 8.53. The van der Waals surface area contributed by atoms with Gasteiger partial charge in [-0.05, 0) is 56.4 Å². The van der Waals surface area contributed by atoms with Crippen molar-refractivity contribution in [1.29, 1.82) is 0 Å². The number of rotatable bonds is 3. The molecular weight excluding hydrogens is 252 g/mol. The minimum Gasteiger partial charge on any atom is -0.117 e. The molecule has 0 saturated heterocycles. The van der Waals surface area contributed by atoms with Gasteiger partial charge >= 0.3 is 0 Å². The third-order valence-corrected chi connectivity index (χ3v) is 4.00. The van der Waals surface area contributed by atoms with Gasteiger partial charge in [0, 0.05) is 0 Å². The van der Waals surface area contributed by atoms with Crippen LogP contribution in [0, 0.1) is 27.7 Å². The molecule has 0 spiro atoms. The van der Waals surface area contributed by atoms with Crippen molar-refractivity contribution in [2.45, 2.75) is 39.5 Å². The minimum atomic E-state index is 0.0423. The van der Waals surface area contributed by atoms with E-state index in [1.807, 2.05) is 0 Å². The second-order valence-electron chi connectivity index (χ2n) is 5.51. The Bertz CT molecular complexity index is 564. The first kappa shape index (κ1) is 14.1. The molecule has 2 rings (SSSR count). The highest BCUT2D eigenvalue weighted by atomic mass is 35.5. The van der Waals surface area contributed by atoms with Gasteiger partial charge in [0.05, 0.1) is 5.38 Å². The molecule has 0 radical (unpaired) electrons. The normalized spacial score (nSPS) is 12.5. The van der Waals surface area contributed by atoms with Gasteiger partial charge in [0.15, 0.2) is 0 Å². The average molecular weight is 273 g/mol. The van der Waals surface area contributed by atoms with Crippen LogP contribution in [0.4, 0.5) is 0 Å². The van der Waals surface area contributed by atoms with E-state index >= 15 is 0 Å². The number of benzene rings is 2. The largest absolute Gasteiger partial charge is 0.117 e. The first-order valence-corrected chi connectivity index (χ1v) is 7.18. The second kappa shape index (κ2) is 5.79. The first-order chi connectivity index (χ1) is 8.95. The lowest BCUT2D eigenvalue weighted by molar-refractivity contribution is 0.913.